The van der Waals surface area contributed by atoms with Gasteiger partial charge in [-0.15, -0.1) is 0 Å². The first-order valence-corrected chi connectivity index (χ1v) is 6.24. The first-order chi connectivity index (χ1) is 10.2. The number of aryl methyl sites for hydroxylation is 1. The van der Waals surface area contributed by atoms with E-state index in [0.29, 0.717) is 11.8 Å². The van der Waals surface area contributed by atoms with Crippen LogP contribution in [-0.2, 0) is 11.8 Å². The van der Waals surface area contributed by atoms with Crippen molar-refractivity contribution >= 4 is 12.0 Å². The molecule has 1 heterocycles. The van der Waals surface area contributed by atoms with E-state index in [1.54, 1.807) is 13.8 Å². The number of carbonyl (C=O) groups excluding carboxylic acids is 1. The maximum atomic E-state index is 14.1. The molecule has 0 atom stereocenters. The summed E-state index contributed by atoms with van der Waals surface area (Å²) in [5.74, 6) is -0.862. The van der Waals surface area contributed by atoms with Gasteiger partial charge in [0, 0.05) is 25.4 Å². The summed E-state index contributed by atoms with van der Waals surface area (Å²) in [6, 6.07) is 3.04. The molecular formula is C14H15F3N4O. The zero-order valence-corrected chi connectivity index (χ0v) is 12.3. The number of anilines is 1. The zero-order valence-electron chi connectivity index (χ0n) is 12.3. The molecule has 1 rings (SSSR count). The van der Waals surface area contributed by atoms with E-state index < -0.39 is 23.5 Å². The number of nitrogens with one attached hydrogen (secondary N) is 1. The van der Waals surface area contributed by atoms with Crippen molar-refractivity contribution in [3.63, 3.8) is 0 Å². The van der Waals surface area contributed by atoms with E-state index in [2.05, 4.69) is 10.3 Å². The smallest absolute Gasteiger partial charge is 0.280 e. The Kier molecular flexibility index (Phi) is 5.51. The molecule has 1 aromatic heterocycles. The van der Waals surface area contributed by atoms with Crippen molar-refractivity contribution in [3.8, 4) is 6.07 Å². The number of nitriles is 1. The molecular weight excluding hydrogens is 297 g/mol. The Balaban J connectivity index is 3.35. The Morgan fingerprint density at radius 3 is 2.64 bits per heavy atom. The van der Waals surface area contributed by atoms with Crippen molar-refractivity contribution in [2.75, 3.05) is 5.32 Å². The molecule has 5 nitrogen and oxygen atoms in total. The molecule has 1 N–H and O–H groups in total. The third-order valence-corrected chi connectivity index (χ3v) is 2.60. The predicted molar refractivity (Wildman–Crippen MR) is 74.4 cm³/mol. The highest BCUT2D eigenvalue weighted by molar-refractivity contribution is 5.66. The lowest BCUT2D eigenvalue weighted by Gasteiger charge is -2.19. The summed E-state index contributed by atoms with van der Waals surface area (Å²) < 4.78 is 40.6. The molecule has 0 aliphatic rings. The average Bonchev–Trinajstić information content (AvgIpc) is 2.40. The lowest BCUT2D eigenvalue weighted by molar-refractivity contribution is -0.104. The van der Waals surface area contributed by atoms with Crippen LogP contribution < -0.4 is 10.8 Å². The third kappa shape index (κ3) is 4.48. The van der Waals surface area contributed by atoms with Crippen LogP contribution in [0.1, 0.15) is 13.8 Å². The SMILES string of the molecule is Cn1cc(NC(C)(C)C#N)cc(F)c1=N/C(=C\C=O)C(F)F. The van der Waals surface area contributed by atoms with Gasteiger partial charge in [-0.1, -0.05) is 0 Å². The van der Waals surface area contributed by atoms with Crippen LogP contribution in [-0.4, -0.2) is 22.8 Å². The number of halogens is 3. The Morgan fingerprint density at radius 2 is 2.18 bits per heavy atom. The largest absolute Gasteiger partial charge is 0.367 e. The van der Waals surface area contributed by atoms with E-state index in [1.165, 1.54) is 17.8 Å². The van der Waals surface area contributed by atoms with Gasteiger partial charge in [0.1, 0.15) is 17.5 Å². The van der Waals surface area contributed by atoms with E-state index in [-0.39, 0.29) is 11.8 Å². The Labute approximate surface area is 125 Å². The van der Waals surface area contributed by atoms with Crippen molar-refractivity contribution in [2.45, 2.75) is 25.8 Å². The van der Waals surface area contributed by atoms with Gasteiger partial charge in [0.2, 0.25) is 0 Å². The number of allylic oxidation sites excluding steroid dienone is 2. The topological polar surface area (TPSA) is 70.2 Å². The molecule has 0 aliphatic heterocycles. The highest BCUT2D eigenvalue weighted by Gasteiger charge is 2.17. The number of aldehydes is 1. The number of hydrogen-bond donors (Lipinski definition) is 1. The highest BCUT2D eigenvalue weighted by Crippen LogP contribution is 2.14. The number of pyridine rings is 1. The van der Waals surface area contributed by atoms with Gasteiger partial charge in [0.15, 0.2) is 11.3 Å². The molecule has 0 amide bonds. The van der Waals surface area contributed by atoms with Gasteiger partial charge in [0.25, 0.3) is 6.43 Å². The Morgan fingerprint density at radius 1 is 1.55 bits per heavy atom. The number of alkyl halides is 2. The molecule has 0 saturated heterocycles. The third-order valence-electron chi connectivity index (χ3n) is 2.60. The minimum atomic E-state index is -3.00. The minimum Gasteiger partial charge on any atom is -0.367 e. The first-order valence-electron chi connectivity index (χ1n) is 6.24. The number of carbonyl (C=O) groups is 1. The summed E-state index contributed by atoms with van der Waals surface area (Å²) in [6.45, 7) is 3.20. The summed E-state index contributed by atoms with van der Waals surface area (Å²) in [4.78, 5) is 13.8. The molecule has 8 heteroatoms. The van der Waals surface area contributed by atoms with Gasteiger partial charge in [-0.05, 0) is 13.8 Å². The summed E-state index contributed by atoms with van der Waals surface area (Å²) in [7, 11) is 1.41. The maximum absolute atomic E-state index is 14.1. The second kappa shape index (κ2) is 6.93. The molecule has 0 bridgehead atoms. The fourth-order valence-electron chi connectivity index (χ4n) is 1.62. The van der Waals surface area contributed by atoms with Crippen molar-refractivity contribution in [3.05, 3.63) is 35.3 Å². The molecule has 0 spiro atoms. The Hall–Kier alpha value is -2.56. The van der Waals surface area contributed by atoms with E-state index in [4.69, 9.17) is 5.26 Å². The maximum Gasteiger partial charge on any atom is 0.280 e. The lowest BCUT2D eigenvalue weighted by atomic mass is 10.1. The average molecular weight is 312 g/mol. The van der Waals surface area contributed by atoms with E-state index in [9.17, 15) is 18.0 Å². The summed E-state index contributed by atoms with van der Waals surface area (Å²) in [5, 5.41) is 11.7. The normalized spacial score (nSPS) is 13.2. The Bertz CT molecular complexity index is 673. The molecule has 0 aliphatic carbocycles. The second-order valence-electron chi connectivity index (χ2n) is 5.01. The highest BCUT2D eigenvalue weighted by atomic mass is 19.3. The van der Waals surface area contributed by atoms with Crippen LogP contribution in [0.25, 0.3) is 0 Å². The minimum absolute atomic E-state index is 0.161. The van der Waals surface area contributed by atoms with Crippen LogP contribution in [0.5, 0.6) is 0 Å². The number of aromatic nitrogens is 1. The monoisotopic (exact) mass is 312 g/mol. The van der Waals surface area contributed by atoms with Crippen LogP contribution in [0.4, 0.5) is 18.9 Å². The quantitative estimate of drug-likeness (QED) is 0.669. The summed E-state index contributed by atoms with van der Waals surface area (Å²) in [6.07, 6.45) is -0.853. The number of hydrogen-bond acceptors (Lipinski definition) is 4. The van der Waals surface area contributed by atoms with Crippen LogP contribution in [0, 0.1) is 17.1 Å². The van der Waals surface area contributed by atoms with E-state index >= 15 is 0 Å². The van der Waals surface area contributed by atoms with Crippen LogP contribution >= 0.6 is 0 Å². The van der Waals surface area contributed by atoms with Gasteiger partial charge in [-0.3, -0.25) is 4.79 Å². The molecule has 0 unspecified atom stereocenters. The van der Waals surface area contributed by atoms with Crippen LogP contribution in [0.2, 0.25) is 0 Å². The van der Waals surface area contributed by atoms with Gasteiger partial charge in [-0.25, -0.2) is 18.2 Å². The number of rotatable bonds is 5. The van der Waals surface area contributed by atoms with Crippen molar-refractivity contribution in [2.24, 2.45) is 12.0 Å². The van der Waals surface area contributed by atoms with Crippen molar-refractivity contribution in [1.29, 1.82) is 5.26 Å². The van der Waals surface area contributed by atoms with Gasteiger partial charge >= 0.3 is 0 Å². The molecule has 0 fully saturated rings. The van der Waals surface area contributed by atoms with Gasteiger partial charge in [0.05, 0.1) is 11.8 Å². The molecule has 118 valence electrons. The summed E-state index contributed by atoms with van der Waals surface area (Å²) in [5.41, 5.74) is -1.82. The van der Waals surface area contributed by atoms with Crippen molar-refractivity contribution < 1.29 is 18.0 Å². The predicted octanol–water partition coefficient (Wildman–Crippen LogP) is 2.13. The molecule has 0 radical (unpaired) electrons. The second-order valence-corrected chi connectivity index (χ2v) is 5.01. The molecule has 1 aromatic rings. The van der Waals surface area contributed by atoms with E-state index in [1.807, 2.05) is 6.07 Å². The van der Waals surface area contributed by atoms with Gasteiger partial charge < -0.3 is 9.88 Å². The fraction of sp³-hybridized carbons (Fsp3) is 0.357. The standard InChI is InChI=1S/C14H15F3N4O/c1-14(2,8-18)20-9-6-10(15)13(21(3)7-9)19-11(4-5-22)12(16)17/h4-7,12,20H,1-3H3/b11-4-,19-13?. The fourth-order valence-corrected chi connectivity index (χ4v) is 1.62. The van der Waals surface area contributed by atoms with Crippen LogP contribution in [0.3, 0.4) is 0 Å². The van der Waals surface area contributed by atoms with Crippen LogP contribution in [0.15, 0.2) is 29.0 Å². The van der Waals surface area contributed by atoms with Gasteiger partial charge in [-0.2, -0.15) is 5.26 Å². The first kappa shape index (κ1) is 17.5. The number of nitrogens with zero attached hydrogens (tertiary/aromatic N) is 3. The summed E-state index contributed by atoms with van der Waals surface area (Å²) >= 11 is 0. The molecule has 0 saturated carbocycles. The zero-order chi connectivity index (χ0) is 16.9. The molecule has 0 aromatic carbocycles. The molecule has 22 heavy (non-hydrogen) atoms. The van der Waals surface area contributed by atoms with E-state index in [0.717, 1.165) is 6.07 Å². The lowest BCUT2D eigenvalue weighted by Crippen LogP contribution is -2.30. The van der Waals surface area contributed by atoms with Crippen molar-refractivity contribution in [1.82, 2.24) is 4.57 Å².